The van der Waals surface area contributed by atoms with Gasteiger partial charge in [-0.1, -0.05) is 15.9 Å². The van der Waals surface area contributed by atoms with Crippen LogP contribution in [0.1, 0.15) is 0 Å². The van der Waals surface area contributed by atoms with E-state index in [0.717, 1.165) is 0 Å². The number of fused-ring (bicyclic) bond motifs is 1. The van der Waals surface area contributed by atoms with Crippen LogP contribution < -0.4 is 0 Å². The lowest BCUT2D eigenvalue weighted by Gasteiger charge is -2.09. The van der Waals surface area contributed by atoms with Crippen LogP contribution in [0, 0.1) is 5.92 Å². The normalized spacial score (nSPS) is 27.5. The number of hydrogen-bond donors (Lipinski definition) is 0. The highest BCUT2D eigenvalue weighted by atomic mass is 79.9. The van der Waals surface area contributed by atoms with Gasteiger partial charge in [0.25, 0.3) is 0 Å². The number of nitrogens with zero attached hydrogens (tertiary/aromatic N) is 2. The molecule has 56 valence electrons. The third-order valence-corrected chi connectivity index (χ3v) is 2.02. The van der Waals surface area contributed by atoms with Crippen molar-refractivity contribution in [2.45, 2.75) is 0 Å². The predicted molar refractivity (Wildman–Crippen MR) is 45.6 cm³/mol. The largest absolute Gasteiger partial charge is 0.211 e. The van der Waals surface area contributed by atoms with Crippen LogP contribution in [0.5, 0.6) is 0 Å². The lowest BCUT2D eigenvalue weighted by Crippen LogP contribution is -2.13. The van der Waals surface area contributed by atoms with Gasteiger partial charge in [0.1, 0.15) is 5.83 Å². The van der Waals surface area contributed by atoms with E-state index in [9.17, 15) is 4.39 Å². The van der Waals surface area contributed by atoms with Gasteiger partial charge in [-0.15, -0.1) is 0 Å². The second kappa shape index (κ2) is 2.37. The van der Waals surface area contributed by atoms with Crippen molar-refractivity contribution in [1.82, 2.24) is 0 Å². The van der Waals surface area contributed by atoms with E-state index in [1.165, 1.54) is 12.3 Å². The van der Waals surface area contributed by atoms with E-state index < -0.39 is 0 Å². The first kappa shape index (κ1) is 6.91. The molecule has 0 radical (unpaired) electrons. The second-order valence-corrected chi connectivity index (χ2v) is 3.24. The molecular formula is C7H4BrFN2. The molecule has 0 unspecified atom stereocenters. The molecule has 0 spiro atoms. The highest BCUT2D eigenvalue weighted by molar-refractivity contribution is 9.11. The Labute approximate surface area is 71.3 Å². The smallest absolute Gasteiger partial charge is 0.116 e. The van der Waals surface area contributed by atoms with Crippen molar-refractivity contribution in [3.63, 3.8) is 0 Å². The molecule has 0 aromatic heterocycles. The van der Waals surface area contributed by atoms with Gasteiger partial charge in [0.2, 0.25) is 0 Å². The van der Waals surface area contributed by atoms with Crippen LogP contribution in [-0.4, -0.2) is 11.9 Å². The summed E-state index contributed by atoms with van der Waals surface area (Å²) in [7, 11) is 0. The zero-order valence-electron chi connectivity index (χ0n) is 5.46. The molecule has 0 amide bonds. The molecule has 0 bridgehead atoms. The molecule has 0 fully saturated rings. The molecule has 11 heavy (non-hydrogen) atoms. The lowest BCUT2D eigenvalue weighted by molar-refractivity contribution is 0.599. The number of rotatable bonds is 0. The van der Waals surface area contributed by atoms with Gasteiger partial charge in [-0.3, -0.25) is 0 Å². The highest BCUT2D eigenvalue weighted by Gasteiger charge is 2.24. The average Bonchev–Trinajstić information content (AvgIpc) is 2.34. The maximum absolute atomic E-state index is 13.0. The monoisotopic (exact) mass is 214 g/mol. The summed E-state index contributed by atoms with van der Waals surface area (Å²) in [5.41, 5.74) is 0.664. The van der Waals surface area contributed by atoms with Gasteiger partial charge >= 0.3 is 0 Å². The van der Waals surface area contributed by atoms with Gasteiger partial charge in [-0.25, -0.2) is 4.39 Å². The molecule has 2 aliphatic rings. The first-order chi connectivity index (χ1) is 5.27. The minimum Gasteiger partial charge on any atom is -0.211 e. The zero-order valence-corrected chi connectivity index (χ0v) is 7.05. The van der Waals surface area contributed by atoms with E-state index in [-0.39, 0.29) is 11.7 Å². The maximum atomic E-state index is 13.0. The van der Waals surface area contributed by atoms with E-state index >= 15 is 0 Å². The van der Waals surface area contributed by atoms with Crippen LogP contribution >= 0.6 is 15.9 Å². The molecular weight excluding hydrogens is 211 g/mol. The fraction of sp³-hybridized carbons (Fsp3) is 0.143. The molecule has 0 N–H and O–H groups in total. The van der Waals surface area contributed by atoms with Crippen molar-refractivity contribution in [3.8, 4) is 0 Å². The van der Waals surface area contributed by atoms with Gasteiger partial charge in [-0.2, -0.15) is 10.2 Å². The lowest BCUT2D eigenvalue weighted by atomic mass is 9.99. The molecule has 1 aliphatic carbocycles. The van der Waals surface area contributed by atoms with Crippen molar-refractivity contribution < 1.29 is 4.39 Å². The summed E-state index contributed by atoms with van der Waals surface area (Å²) in [6.45, 7) is 0. The summed E-state index contributed by atoms with van der Waals surface area (Å²) in [5.74, 6) is -0.546. The van der Waals surface area contributed by atoms with Crippen LogP contribution in [0.15, 0.2) is 32.7 Å². The first-order valence-corrected chi connectivity index (χ1v) is 3.92. The standard InChI is InChI=1S/C7H4BrFN2/c8-4-1-6(9)5-3-10-11-7(5)2-4/h1-3,5H/t5-/m1/s1. The molecule has 4 heteroatoms. The van der Waals surface area contributed by atoms with E-state index in [0.29, 0.717) is 10.2 Å². The molecule has 2 nitrogen and oxygen atoms in total. The van der Waals surface area contributed by atoms with Gasteiger partial charge in [0.15, 0.2) is 0 Å². The molecule has 0 aromatic carbocycles. The van der Waals surface area contributed by atoms with Gasteiger partial charge in [0, 0.05) is 10.7 Å². The molecule has 1 aliphatic heterocycles. The van der Waals surface area contributed by atoms with Crippen molar-refractivity contribution >= 4 is 27.9 Å². The summed E-state index contributed by atoms with van der Waals surface area (Å²) in [5, 5.41) is 7.39. The fourth-order valence-electron chi connectivity index (χ4n) is 1.04. The topological polar surface area (TPSA) is 24.7 Å². The van der Waals surface area contributed by atoms with Crippen molar-refractivity contribution in [3.05, 3.63) is 22.5 Å². The Hall–Kier alpha value is -0.770. The van der Waals surface area contributed by atoms with Crippen LogP contribution in [0.2, 0.25) is 0 Å². The SMILES string of the molecule is FC1=CC(Br)=CC2=NN=C[C@H]12. The molecule has 1 atom stereocenters. The van der Waals surface area contributed by atoms with Crippen LogP contribution in [0.4, 0.5) is 4.39 Å². The van der Waals surface area contributed by atoms with Gasteiger partial charge in [0.05, 0.1) is 11.6 Å². The van der Waals surface area contributed by atoms with Crippen LogP contribution in [0.25, 0.3) is 0 Å². The zero-order chi connectivity index (χ0) is 7.84. The fourth-order valence-corrected chi connectivity index (χ4v) is 1.49. The number of allylic oxidation sites excluding steroid dienone is 4. The van der Waals surface area contributed by atoms with E-state index in [4.69, 9.17) is 0 Å². The predicted octanol–water partition coefficient (Wildman–Crippen LogP) is 2.19. The molecule has 0 saturated heterocycles. The van der Waals surface area contributed by atoms with E-state index in [1.54, 1.807) is 6.08 Å². The Bertz CT molecular complexity index is 314. The summed E-state index contributed by atoms with van der Waals surface area (Å²) in [6, 6.07) is 0. The molecule has 1 heterocycles. The summed E-state index contributed by atoms with van der Waals surface area (Å²) >= 11 is 3.17. The van der Waals surface area contributed by atoms with E-state index in [1.807, 2.05) is 0 Å². The Morgan fingerprint density at radius 3 is 3.09 bits per heavy atom. The Kier molecular flexibility index (Phi) is 1.49. The third kappa shape index (κ3) is 1.07. The van der Waals surface area contributed by atoms with Gasteiger partial charge in [-0.05, 0) is 12.2 Å². The summed E-state index contributed by atoms with van der Waals surface area (Å²) in [4.78, 5) is 0. The quantitative estimate of drug-likeness (QED) is 0.591. The van der Waals surface area contributed by atoms with Crippen molar-refractivity contribution in [2.24, 2.45) is 16.1 Å². The third-order valence-electron chi connectivity index (χ3n) is 1.57. The van der Waals surface area contributed by atoms with Crippen molar-refractivity contribution in [1.29, 1.82) is 0 Å². The number of hydrogen-bond acceptors (Lipinski definition) is 2. The molecule has 0 saturated carbocycles. The highest BCUT2D eigenvalue weighted by Crippen LogP contribution is 2.27. The summed E-state index contributed by atoms with van der Waals surface area (Å²) in [6.07, 6.45) is 4.69. The van der Waals surface area contributed by atoms with Crippen molar-refractivity contribution in [2.75, 3.05) is 0 Å². The number of halogens is 2. The van der Waals surface area contributed by atoms with Gasteiger partial charge < -0.3 is 0 Å². The Balaban J connectivity index is 2.45. The molecule has 0 aromatic rings. The Morgan fingerprint density at radius 2 is 2.27 bits per heavy atom. The minimum absolute atomic E-state index is 0.209. The Morgan fingerprint density at radius 1 is 1.45 bits per heavy atom. The maximum Gasteiger partial charge on any atom is 0.116 e. The first-order valence-electron chi connectivity index (χ1n) is 3.13. The van der Waals surface area contributed by atoms with E-state index in [2.05, 4.69) is 26.1 Å². The molecule has 2 rings (SSSR count). The summed E-state index contributed by atoms with van der Waals surface area (Å²) < 4.78 is 13.7. The van der Waals surface area contributed by atoms with Crippen LogP contribution in [-0.2, 0) is 0 Å². The average molecular weight is 215 g/mol. The minimum atomic E-state index is -0.337. The second-order valence-electron chi connectivity index (χ2n) is 2.33. The van der Waals surface area contributed by atoms with Crippen LogP contribution in [0.3, 0.4) is 0 Å².